The summed E-state index contributed by atoms with van der Waals surface area (Å²) in [6.45, 7) is 2.02. The minimum atomic E-state index is 0.274. The molecule has 0 aliphatic carbocycles. The van der Waals surface area contributed by atoms with E-state index in [4.69, 9.17) is 10.5 Å². The first kappa shape index (κ1) is 11.3. The number of fused-ring (bicyclic) bond motifs is 1. The number of benzene rings is 1. The molecule has 2 heterocycles. The second kappa shape index (κ2) is 4.82. The Balaban J connectivity index is 1.84. The topological polar surface area (TPSA) is 60.2 Å². The highest BCUT2D eigenvalue weighted by molar-refractivity contribution is 5.91. The van der Waals surface area contributed by atoms with Crippen molar-refractivity contribution in [3.05, 3.63) is 30.5 Å². The number of piperidine rings is 1. The minimum Gasteiger partial charge on any atom is -0.489 e. The van der Waals surface area contributed by atoms with Gasteiger partial charge < -0.3 is 15.8 Å². The quantitative estimate of drug-likeness (QED) is 0.846. The third-order valence-corrected chi connectivity index (χ3v) is 3.32. The van der Waals surface area contributed by atoms with Crippen LogP contribution in [0.1, 0.15) is 12.8 Å². The number of nitrogens with zero attached hydrogens (tertiary/aromatic N) is 1. The summed E-state index contributed by atoms with van der Waals surface area (Å²) in [7, 11) is 0. The number of nitrogens with two attached hydrogens (primary N) is 1. The lowest BCUT2D eigenvalue weighted by Crippen LogP contribution is -2.37. The third-order valence-electron chi connectivity index (χ3n) is 3.32. The molecule has 1 aromatic carbocycles. The van der Waals surface area contributed by atoms with Crippen LogP contribution in [-0.4, -0.2) is 24.2 Å². The van der Waals surface area contributed by atoms with Crippen molar-refractivity contribution in [2.45, 2.75) is 18.9 Å². The number of ether oxygens (including phenoxy) is 1. The normalized spacial score (nSPS) is 19.9. The molecule has 0 radical (unpaired) electrons. The van der Waals surface area contributed by atoms with Crippen molar-refractivity contribution in [3.63, 3.8) is 0 Å². The number of rotatable bonds is 2. The first-order valence-electron chi connectivity index (χ1n) is 6.34. The summed E-state index contributed by atoms with van der Waals surface area (Å²) in [5, 5.41) is 5.40. The zero-order valence-electron chi connectivity index (χ0n) is 10.2. The van der Waals surface area contributed by atoms with Crippen LogP contribution in [0.5, 0.6) is 5.75 Å². The van der Waals surface area contributed by atoms with Gasteiger partial charge in [-0.2, -0.15) is 0 Å². The number of hydrogen-bond acceptors (Lipinski definition) is 4. The number of aromatic nitrogens is 1. The van der Waals surface area contributed by atoms with Crippen LogP contribution in [0.4, 0.5) is 5.82 Å². The van der Waals surface area contributed by atoms with Crippen molar-refractivity contribution in [2.75, 3.05) is 18.8 Å². The Bertz CT molecular complexity index is 550. The number of anilines is 1. The van der Waals surface area contributed by atoms with E-state index >= 15 is 0 Å². The molecule has 3 N–H and O–H groups in total. The summed E-state index contributed by atoms with van der Waals surface area (Å²) in [5.41, 5.74) is 5.83. The molecular formula is C14H17N3O. The number of pyridine rings is 1. The van der Waals surface area contributed by atoms with Crippen molar-refractivity contribution in [3.8, 4) is 5.75 Å². The van der Waals surface area contributed by atoms with E-state index in [1.807, 2.05) is 24.3 Å². The predicted octanol–water partition coefficient (Wildman–Crippen LogP) is 1.95. The third kappa shape index (κ3) is 2.24. The van der Waals surface area contributed by atoms with Crippen LogP contribution >= 0.6 is 0 Å². The molecule has 94 valence electrons. The second-order valence-corrected chi connectivity index (χ2v) is 4.67. The van der Waals surface area contributed by atoms with Gasteiger partial charge in [-0.25, -0.2) is 4.98 Å². The summed E-state index contributed by atoms with van der Waals surface area (Å²) in [5.74, 6) is 1.47. The van der Waals surface area contributed by atoms with Gasteiger partial charge in [-0.3, -0.25) is 0 Å². The number of nitrogens with one attached hydrogen (secondary N) is 1. The van der Waals surface area contributed by atoms with Crippen LogP contribution in [0, 0.1) is 0 Å². The summed E-state index contributed by atoms with van der Waals surface area (Å²) < 4.78 is 5.98. The molecule has 2 aromatic rings. The highest BCUT2D eigenvalue weighted by Gasteiger charge is 2.14. The Morgan fingerprint density at radius 1 is 1.33 bits per heavy atom. The molecule has 0 unspecified atom stereocenters. The molecule has 1 aliphatic heterocycles. The Morgan fingerprint density at radius 3 is 3.11 bits per heavy atom. The molecule has 0 bridgehead atoms. The SMILES string of the molecule is Nc1nccc2cc(O[C@@H]3CCCNC3)ccc12. The van der Waals surface area contributed by atoms with Crippen LogP contribution in [0.3, 0.4) is 0 Å². The van der Waals surface area contributed by atoms with Gasteiger partial charge in [0.05, 0.1) is 0 Å². The fourth-order valence-electron chi connectivity index (χ4n) is 2.37. The summed E-state index contributed by atoms with van der Waals surface area (Å²) in [6.07, 6.45) is 4.29. The number of hydrogen-bond donors (Lipinski definition) is 2. The lowest BCUT2D eigenvalue weighted by atomic mass is 10.1. The molecule has 4 heteroatoms. The van der Waals surface area contributed by atoms with E-state index in [9.17, 15) is 0 Å². The van der Waals surface area contributed by atoms with Crippen molar-refractivity contribution >= 4 is 16.6 Å². The smallest absolute Gasteiger partial charge is 0.131 e. The summed E-state index contributed by atoms with van der Waals surface area (Å²) >= 11 is 0. The van der Waals surface area contributed by atoms with E-state index in [1.165, 1.54) is 6.42 Å². The van der Waals surface area contributed by atoms with E-state index in [2.05, 4.69) is 10.3 Å². The van der Waals surface area contributed by atoms with Gasteiger partial charge in [0.2, 0.25) is 0 Å². The van der Waals surface area contributed by atoms with Crippen molar-refractivity contribution in [2.24, 2.45) is 0 Å². The first-order valence-corrected chi connectivity index (χ1v) is 6.34. The van der Waals surface area contributed by atoms with Crippen LogP contribution in [0.25, 0.3) is 10.8 Å². The minimum absolute atomic E-state index is 0.274. The van der Waals surface area contributed by atoms with E-state index in [0.717, 1.165) is 36.0 Å². The monoisotopic (exact) mass is 243 g/mol. The maximum atomic E-state index is 5.98. The molecule has 1 saturated heterocycles. The second-order valence-electron chi connectivity index (χ2n) is 4.67. The highest BCUT2D eigenvalue weighted by atomic mass is 16.5. The highest BCUT2D eigenvalue weighted by Crippen LogP contribution is 2.25. The van der Waals surface area contributed by atoms with Gasteiger partial charge >= 0.3 is 0 Å². The van der Waals surface area contributed by atoms with E-state index in [0.29, 0.717) is 5.82 Å². The predicted molar refractivity (Wildman–Crippen MR) is 72.7 cm³/mol. The Morgan fingerprint density at radius 2 is 2.28 bits per heavy atom. The fraction of sp³-hybridized carbons (Fsp3) is 0.357. The molecule has 3 rings (SSSR count). The van der Waals surface area contributed by atoms with E-state index < -0.39 is 0 Å². The molecule has 4 nitrogen and oxygen atoms in total. The van der Waals surface area contributed by atoms with Crippen LogP contribution in [-0.2, 0) is 0 Å². The Hall–Kier alpha value is -1.81. The molecular weight excluding hydrogens is 226 g/mol. The zero-order valence-corrected chi connectivity index (χ0v) is 10.2. The average molecular weight is 243 g/mol. The van der Waals surface area contributed by atoms with Crippen molar-refractivity contribution in [1.82, 2.24) is 10.3 Å². The summed E-state index contributed by atoms with van der Waals surface area (Å²) in [4.78, 5) is 4.08. The van der Waals surface area contributed by atoms with Gasteiger partial charge in [0.15, 0.2) is 0 Å². The molecule has 1 fully saturated rings. The molecule has 18 heavy (non-hydrogen) atoms. The largest absolute Gasteiger partial charge is 0.489 e. The van der Waals surface area contributed by atoms with Crippen molar-refractivity contribution < 1.29 is 4.74 Å². The van der Waals surface area contributed by atoms with Gasteiger partial charge in [0.25, 0.3) is 0 Å². The van der Waals surface area contributed by atoms with E-state index in [1.54, 1.807) is 6.20 Å². The van der Waals surface area contributed by atoms with E-state index in [-0.39, 0.29) is 6.10 Å². The van der Waals surface area contributed by atoms with Crippen LogP contribution in [0.15, 0.2) is 30.5 Å². The molecule has 1 aliphatic rings. The zero-order chi connectivity index (χ0) is 12.4. The molecule has 1 aromatic heterocycles. The standard InChI is InChI=1S/C14H17N3O/c15-14-13-4-3-11(8-10(13)5-7-17-14)18-12-2-1-6-16-9-12/h3-5,7-8,12,16H,1-2,6,9H2,(H2,15,17)/t12-/m1/s1. The molecule has 0 saturated carbocycles. The maximum Gasteiger partial charge on any atom is 0.131 e. The van der Waals surface area contributed by atoms with Gasteiger partial charge in [-0.1, -0.05) is 0 Å². The number of nitrogen functional groups attached to an aromatic ring is 1. The van der Waals surface area contributed by atoms with Gasteiger partial charge in [-0.05, 0) is 49.0 Å². The maximum absolute atomic E-state index is 5.98. The van der Waals surface area contributed by atoms with Gasteiger partial charge in [-0.15, -0.1) is 0 Å². The lowest BCUT2D eigenvalue weighted by molar-refractivity contribution is 0.167. The summed E-state index contributed by atoms with van der Waals surface area (Å²) in [6, 6.07) is 7.93. The fourth-order valence-corrected chi connectivity index (χ4v) is 2.37. The average Bonchev–Trinajstić information content (AvgIpc) is 2.40. The van der Waals surface area contributed by atoms with Gasteiger partial charge in [0.1, 0.15) is 17.7 Å². The lowest BCUT2D eigenvalue weighted by Gasteiger charge is -2.24. The Labute approximate surface area is 106 Å². The first-order chi connectivity index (χ1) is 8.83. The Kier molecular flexibility index (Phi) is 3.02. The van der Waals surface area contributed by atoms with Crippen molar-refractivity contribution in [1.29, 1.82) is 0 Å². The molecule has 1 atom stereocenters. The van der Waals surface area contributed by atoms with Crippen LogP contribution < -0.4 is 15.8 Å². The van der Waals surface area contributed by atoms with Gasteiger partial charge in [0, 0.05) is 18.1 Å². The van der Waals surface area contributed by atoms with Crippen LogP contribution in [0.2, 0.25) is 0 Å². The molecule has 0 spiro atoms. The molecule has 0 amide bonds.